The molecule has 0 rings (SSSR count). The van der Waals surface area contributed by atoms with Gasteiger partial charge in [0.2, 0.25) is 0 Å². The molecule has 0 aromatic rings. The first-order chi connectivity index (χ1) is 3.41. The molecule has 0 spiro atoms. The molecule has 0 unspecified atom stereocenters. The van der Waals surface area contributed by atoms with Crippen LogP contribution in [0.1, 0.15) is 19.3 Å². The van der Waals surface area contributed by atoms with E-state index >= 15 is 0 Å². The quantitative estimate of drug-likeness (QED) is 0.370. The van der Waals surface area contributed by atoms with Crippen LogP contribution in [0, 0.1) is 0 Å². The van der Waals surface area contributed by atoms with Gasteiger partial charge in [0.1, 0.15) is 0 Å². The Bertz CT molecular complexity index is 41.4. The van der Waals surface area contributed by atoms with Gasteiger partial charge in [0.25, 0.3) is 0 Å². The van der Waals surface area contributed by atoms with Gasteiger partial charge in [-0.2, -0.15) is 0 Å². The molecule has 0 saturated heterocycles. The van der Waals surface area contributed by atoms with Crippen LogP contribution in [0.4, 0.5) is 0 Å². The summed E-state index contributed by atoms with van der Waals surface area (Å²) >= 11 is 1.43. The molecule has 0 heterocycles. The first-order valence-electron chi connectivity index (χ1n) is 2.72. The molecule has 0 aliphatic carbocycles. The van der Waals surface area contributed by atoms with Crippen LogP contribution in [0.2, 0.25) is 4.44 Å². The zero-order valence-corrected chi connectivity index (χ0v) is 7.99. The molecule has 0 aromatic carbocycles. The number of allylic oxidation sites excluding steroid dienone is 1. The van der Waals surface area contributed by atoms with Gasteiger partial charge in [0, 0.05) is 0 Å². The Morgan fingerprint density at radius 3 is 2.57 bits per heavy atom. The summed E-state index contributed by atoms with van der Waals surface area (Å²) in [4.78, 5) is 0. The SMILES string of the molecule is C=CCCC[CH2][SnH]. The summed E-state index contributed by atoms with van der Waals surface area (Å²) in [5.41, 5.74) is 0. The summed E-state index contributed by atoms with van der Waals surface area (Å²) < 4.78 is 1.44. The molecule has 0 aliphatic heterocycles. The van der Waals surface area contributed by atoms with Crippen LogP contribution >= 0.6 is 0 Å². The van der Waals surface area contributed by atoms with E-state index in [0.717, 1.165) is 0 Å². The maximum atomic E-state index is 3.64. The Morgan fingerprint density at radius 2 is 2.14 bits per heavy atom. The van der Waals surface area contributed by atoms with Gasteiger partial charge in [-0.15, -0.1) is 0 Å². The van der Waals surface area contributed by atoms with Crippen molar-refractivity contribution >= 4 is 22.5 Å². The molecule has 1 heteroatoms. The van der Waals surface area contributed by atoms with Gasteiger partial charge in [-0.25, -0.2) is 0 Å². The van der Waals surface area contributed by atoms with E-state index in [1.807, 2.05) is 6.08 Å². The van der Waals surface area contributed by atoms with Gasteiger partial charge >= 0.3 is 58.9 Å². The molecular formula is C6H12Sn. The van der Waals surface area contributed by atoms with Gasteiger partial charge in [0.05, 0.1) is 0 Å². The van der Waals surface area contributed by atoms with Crippen LogP contribution in [0.5, 0.6) is 0 Å². The molecule has 0 aromatic heterocycles. The maximum absolute atomic E-state index is 3.64. The van der Waals surface area contributed by atoms with Crippen molar-refractivity contribution in [2.24, 2.45) is 0 Å². The van der Waals surface area contributed by atoms with Crippen LogP contribution < -0.4 is 0 Å². The molecule has 0 bridgehead atoms. The van der Waals surface area contributed by atoms with Crippen LogP contribution in [-0.2, 0) is 0 Å². The second-order valence-electron chi connectivity index (χ2n) is 1.57. The summed E-state index contributed by atoms with van der Waals surface area (Å²) in [6.07, 6.45) is 5.97. The Kier molecular flexibility index (Phi) is 7.04. The molecule has 0 fully saturated rings. The molecule has 0 amide bonds. The van der Waals surface area contributed by atoms with Crippen LogP contribution in [0.15, 0.2) is 12.7 Å². The zero-order chi connectivity index (χ0) is 5.54. The molecule has 0 N–H and O–H groups in total. The zero-order valence-electron chi connectivity index (χ0n) is 4.69. The summed E-state index contributed by atoms with van der Waals surface area (Å²) in [5.74, 6) is 0. The fourth-order valence-electron chi connectivity index (χ4n) is 0.433. The third kappa shape index (κ3) is 6.54. The van der Waals surface area contributed by atoms with Crippen LogP contribution in [0.25, 0.3) is 0 Å². The van der Waals surface area contributed by atoms with Crippen molar-refractivity contribution in [3.05, 3.63) is 12.7 Å². The second-order valence-corrected chi connectivity index (χ2v) is 3.22. The molecule has 0 saturated carbocycles. The molecule has 0 aliphatic rings. The third-order valence-electron chi connectivity index (χ3n) is 0.862. The van der Waals surface area contributed by atoms with E-state index in [4.69, 9.17) is 0 Å². The van der Waals surface area contributed by atoms with Gasteiger partial charge in [-0.05, 0) is 0 Å². The van der Waals surface area contributed by atoms with E-state index in [1.165, 1.54) is 46.2 Å². The summed E-state index contributed by atoms with van der Waals surface area (Å²) in [7, 11) is 0. The Morgan fingerprint density at radius 1 is 1.43 bits per heavy atom. The molecule has 2 radical (unpaired) electrons. The van der Waals surface area contributed by atoms with Crippen molar-refractivity contribution in [3.8, 4) is 0 Å². The average molecular weight is 203 g/mol. The minimum absolute atomic E-state index is 1.21. The van der Waals surface area contributed by atoms with Crippen molar-refractivity contribution in [1.29, 1.82) is 0 Å². The van der Waals surface area contributed by atoms with E-state index in [-0.39, 0.29) is 0 Å². The van der Waals surface area contributed by atoms with E-state index in [2.05, 4.69) is 6.58 Å². The van der Waals surface area contributed by atoms with Crippen molar-refractivity contribution in [2.75, 3.05) is 0 Å². The summed E-state index contributed by atoms with van der Waals surface area (Å²) in [6, 6.07) is 0. The number of rotatable bonds is 4. The van der Waals surface area contributed by atoms with E-state index < -0.39 is 0 Å². The predicted molar refractivity (Wildman–Crippen MR) is 36.0 cm³/mol. The average Bonchev–Trinajstić information content (AvgIpc) is 1.69. The van der Waals surface area contributed by atoms with Crippen molar-refractivity contribution < 1.29 is 0 Å². The minimum atomic E-state index is 1.21. The standard InChI is InChI=1S/C6H11.Sn.H/c1-3-5-6-4-2;;/h3H,1-2,4-6H2;;. The second kappa shape index (κ2) is 6.54. The molecular weight excluding hydrogens is 191 g/mol. The van der Waals surface area contributed by atoms with E-state index in [0.29, 0.717) is 0 Å². The first-order valence-corrected chi connectivity index (χ1v) is 5.06. The molecule has 40 valence electrons. The van der Waals surface area contributed by atoms with E-state index in [1.54, 1.807) is 0 Å². The Hall–Kier alpha value is 0.539. The molecule has 7 heavy (non-hydrogen) atoms. The van der Waals surface area contributed by atoms with Gasteiger partial charge in [-0.3, -0.25) is 0 Å². The van der Waals surface area contributed by atoms with Crippen molar-refractivity contribution in [2.45, 2.75) is 23.7 Å². The van der Waals surface area contributed by atoms with Gasteiger partial charge in [0.15, 0.2) is 0 Å². The van der Waals surface area contributed by atoms with Crippen molar-refractivity contribution in [3.63, 3.8) is 0 Å². The normalized spacial score (nSPS) is 8.71. The van der Waals surface area contributed by atoms with E-state index in [9.17, 15) is 0 Å². The van der Waals surface area contributed by atoms with Crippen LogP contribution in [-0.4, -0.2) is 22.5 Å². The Labute approximate surface area is 59.1 Å². The van der Waals surface area contributed by atoms with Crippen molar-refractivity contribution in [1.82, 2.24) is 0 Å². The predicted octanol–water partition coefficient (Wildman–Crippen LogP) is 1.66. The monoisotopic (exact) mass is 204 g/mol. The van der Waals surface area contributed by atoms with Gasteiger partial charge in [-0.1, -0.05) is 0 Å². The number of hydrogen-bond acceptors (Lipinski definition) is 0. The number of hydrogen-bond donors (Lipinski definition) is 0. The third-order valence-corrected chi connectivity index (χ3v) is 2.03. The fourth-order valence-corrected chi connectivity index (χ4v) is 1.26. The topological polar surface area (TPSA) is 0 Å². The first kappa shape index (κ1) is 7.54. The fraction of sp³-hybridized carbons (Fsp3) is 0.667. The summed E-state index contributed by atoms with van der Waals surface area (Å²) in [6.45, 7) is 3.64. The summed E-state index contributed by atoms with van der Waals surface area (Å²) in [5, 5.41) is 0. The molecule has 0 nitrogen and oxygen atoms in total. The van der Waals surface area contributed by atoms with Gasteiger partial charge < -0.3 is 0 Å². The number of unbranched alkanes of at least 4 members (excludes halogenated alkanes) is 2. The molecule has 0 atom stereocenters. The van der Waals surface area contributed by atoms with Crippen LogP contribution in [0.3, 0.4) is 0 Å². The Balaban J connectivity index is 2.56.